The SMILES string of the molecule is C=C(C)C(=O)[CH]C=CC. The van der Waals surface area contributed by atoms with Gasteiger partial charge in [-0.1, -0.05) is 18.7 Å². The molecule has 0 aromatic carbocycles. The molecule has 0 bridgehead atoms. The molecule has 0 saturated heterocycles. The predicted octanol–water partition coefficient (Wildman–Crippen LogP) is 1.91. The Morgan fingerprint density at radius 2 is 2.11 bits per heavy atom. The summed E-state index contributed by atoms with van der Waals surface area (Å²) < 4.78 is 0. The number of Topliss-reactive ketones (excluding diaryl/α,β-unsaturated/α-hetero) is 1. The van der Waals surface area contributed by atoms with Crippen molar-refractivity contribution in [2.45, 2.75) is 13.8 Å². The molecule has 0 aliphatic rings. The maximum absolute atomic E-state index is 10.7. The van der Waals surface area contributed by atoms with Gasteiger partial charge in [0.25, 0.3) is 0 Å². The quantitative estimate of drug-likeness (QED) is 0.524. The molecule has 0 aromatic heterocycles. The van der Waals surface area contributed by atoms with Gasteiger partial charge in [-0.05, 0) is 19.4 Å². The second-order valence-electron chi connectivity index (χ2n) is 1.84. The van der Waals surface area contributed by atoms with Gasteiger partial charge in [0, 0.05) is 0 Å². The standard InChI is InChI=1S/C8H11O/c1-4-5-6-8(9)7(2)3/h4-6H,2H2,1,3H3. The number of allylic oxidation sites excluding steroid dienone is 3. The Morgan fingerprint density at radius 1 is 1.56 bits per heavy atom. The zero-order valence-corrected chi connectivity index (χ0v) is 5.85. The fourth-order valence-corrected chi connectivity index (χ4v) is 0.326. The van der Waals surface area contributed by atoms with Crippen LogP contribution in [0.2, 0.25) is 0 Å². The van der Waals surface area contributed by atoms with Crippen LogP contribution in [0.1, 0.15) is 13.8 Å². The number of ketones is 1. The van der Waals surface area contributed by atoms with E-state index in [4.69, 9.17) is 0 Å². The van der Waals surface area contributed by atoms with E-state index in [2.05, 4.69) is 6.58 Å². The average molecular weight is 123 g/mol. The molecule has 0 aliphatic heterocycles. The number of carbonyl (C=O) groups is 1. The van der Waals surface area contributed by atoms with Crippen molar-refractivity contribution >= 4 is 5.78 Å². The predicted molar refractivity (Wildman–Crippen MR) is 38.9 cm³/mol. The van der Waals surface area contributed by atoms with Crippen LogP contribution >= 0.6 is 0 Å². The van der Waals surface area contributed by atoms with E-state index in [1.54, 1.807) is 19.1 Å². The van der Waals surface area contributed by atoms with Crippen LogP contribution in [0, 0.1) is 6.42 Å². The highest BCUT2D eigenvalue weighted by Gasteiger charge is 1.96. The summed E-state index contributed by atoms with van der Waals surface area (Å²) >= 11 is 0. The van der Waals surface area contributed by atoms with Crippen LogP contribution in [0.25, 0.3) is 0 Å². The summed E-state index contributed by atoms with van der Waals surface area (Å²) in [5.74, 6) is -0.00639. The van der Waals surface area contributed by atoms with Crippen molar-refractivity contribution in [3.8, 4) is 0 Å². The van der Waals surface area contributed by atoms with Crippen LogP contribution in [0.5, 0.6) is 0 Å². The molecule has 1 heteroatoms. The lowest BCUT2D eigenvalue weighted by Crippen LogP contribution is -1.95. The van der Waals surface area contributed by atoms with Crippen molar-refractivity contribution in [1.82, 2.24) is 0 Å². The Hall–Kier alpha value is -0.850. The van der Waals surface area contributed by atoms with Crippen molar-refractivity contribution in [2.24, 2.45) is 0 Å². The van der Waals surface area contributed by atoms with E-state index in [0.29, 0.717) is 5.57 Å². The summed E-state index contributed by atoms with van der Waals surface area (Å²) in [4.78, 5) is 10.7. The lowest BCUT2D eigenvalue weighted by atomic mass is 10.1. The van der Waals surface area contributed by atoms with Gasteiger partial charge in [-0.15, -0.1) is 0 Å². The molecule has 0 N–H and O–H groups in total. The smallest absolute Gasteiger partial charge is 0.165 e. The summed E-state index contributed by atoms with van der Waals surface area (Å²) in [7, 11) is 0. The molecule has 9 heavy (non-hydrogen) atoms. The lowest BCUT2D eigenvalue weighted by Gasteiger charge is -1.89. The van der Waals surface area contributed by atoms with E-state index in [9.17, 15) is 4.79 Å². The van der Waals surface area contributed by atoms with Crippen LogP contribution in [0.15, 0.2) is 24.3 Å². The van der Waals surface area contributed by atoms with Crippen molar-refractivity contribution in [2.75, 3.05) is 0 Å². The van der Waals surface area contributed by atoms with Gasteiger partial charge < -0.3 is 0 Å². The van der Waals surface area contributed by atoms with Gasteiger partial charge in [-0.25, -0.2) is 0 Å². The molecule has 0 heterocycles. The molecule has 0 atom stereocenters. The second kappa shape index (κ2) is 4.07. The highest BCUT2D eigenvalue weighted by molar-refractivity contribution is 6.02. The number of hydrogen-bond donors (Lipinski definition) is 0. The maximum atomic E-state index is 10.7. The van der Waals surface area contributed by atoms with Crippen LogP contribution in [0.3, 0.4) is 0 Å². The molecule has 0 unspecified atom stereocenters. The van der Waals surface area contributed by atoms with Gasteiger partial charge in [-0.2, -0.15) is 0 Å². The van der Waals surface area contributed by atoms with Gasteiger partial charge in [0.2, 0.25) is 0 Å². The van der Waals surface area contributed by atoms with Crippen molar-refractivity contribution < 1.29 is 4.79 Å². The third-order valence-corrected chi connectivity index (χ3v) is 0.861. The fourth-order valence-electron chi connectivity index (χ4n) is 0.326. The van der Waals surface area contributed by atoms with E-state index in [1.807, 2.05) is 6.92 Å². The Kier molecular flexibility index (Phi) is 3.69. The molecule has 0 aliphatic carbocycles. The molecule has 1 radical (unpaired) electrons. The molecule has 49 valence electrons. The molecule has 1 nitrogen and oxygen atoms in total. The van der Waals surface area contributed by atoms with E-state index in [1.165, 1.54) is 6.42 Å². The summed E-state index contributed by atoms with van der Waals surface area (Å²) in [5.41, 5.74) is 0.577. The molecular formula is C8H11O. The maximum Gasteiger partial charge on any atom is 0.165 e. The van der Waals surface area contributed by atoms with Crippen molar-refractivity contribution in [1.29, 1.82) is 0 Å². The van der Waals surface area contributed by atoms with Gasteiger partial charge in [0.15, 0.2) is 5.78 Å². The third-order valence-electron chi connectivity index (χ3n) is 0.861. The first-order chi connectivity index (χ1) is 4.18. The van der Waals surface area contributed by atoms with Crippen molar-refractivity contribution in [3.63, 3.8) is 0 Å². The molecule has 0 rings (SSSR count). The zero-order valence-electron chi connectivity index (χ0n) is 5.85. The first-order valence-electron chi connectivity index (χ1n) is 2.84. The molecule has 0 fully saturated rings. The van der Waals surface area contributed by atoms with Gasteiger partial charge in [0.1, 0.15) is 0 Å². The van der Waals surface area contributed by atoms with Crippen LogP contribution in [-0.2, 0) is 4.79 Å². The first-order valence-corrected chi connectivity index (χ1v) is 2.84. The number of hydrogen-bond acceptors (Lipinski definition) is 1. The highest BCUT2D eigenvalue weighted by Crippen LogP contribution is 1.93. The van der Waals surface area contributed by atoms with Crippen molar-refractivity contribution in [3.05, 3.63) is 30.7 Å². The first kappa shape index (κ1) is 8.15. The van der Waals surface area contributed by atoms with Gasteiger partial charge in [0.05, 0.1) is 6.42 Å². The Balaban J connectivity index is 3.65. The Morgan fingerprint density at radius 3 is 2.44 bits per heavy atom. The summed E-state index contributed by atoms with van der Waals surface area (Å²) in [6, 6.07) is 0. The van der Waals surface area contributed by atoms with E-state index in [-0.39, 0.29) is 5.78 Å². The van der Waals surface area contributed by atoms with Gasteiger partial charge >= 0.3 is 0 Å². The number of carbonyl (C=O) groups excluding carboxylic acids is 1. The molecule has 0 amide bonds. The molecular weight excluding hydrogens is 112 g/mol. The fraction of sp³-hybridized carbons (Fsp3) is 0.250. The minimum atomic E-state index is -0.00639. The molecule has 0 saturated carbocycles. The zero-order chi connectivity index (χ0) is 7.28. The molecule has 0 aromatic rings. The Bertz CT molecular complexity index is 143. The lowest BCUT2D eigenvalue weighted by molar-refractivity contribution is -0.112. The summed E-state index contributed by atoms with van der Waals surface area (Å²) in [5, 5.41) is 0. The van der Waals surface area contributed by atoms with E-state index in [0.717, 1.165) is 0 Å². The van der Waals surface area contributed by atoms with Crippen LogP contribution in [0.4, 0.5) is 0 Å². The minimum absolute atomic E-state index is 0.00639. The summed E-state index contributed by atoms with van der Waals surface area (Å²) in [6.45, 7) is 7.05. The van der Waals surface area contributed by atoms with Crippen LogP contribution < -0.4 is 0 Å². The minimum Gasteiger partial charge on any atom is -0.294 e. The van der Waals surface area contributed by atoms with E-state index >= 15 is 0 Å². The Labute approximate surface area is 56.1 Å². The largest absolute Gasteiger partial charge is 0.294 e. The normalized spacial score (nSPS) is 10.0. The highest BCUT2D eigenvalue weighted by atomic mass is 16.1. The van der Waals surface area contributed by atoms with E-state index < -0.39 is 0 Å². The molecule has 0 spiro atoms. The topological polar surface area (TPSA) is 17.1 Å². The average Bonchev–Trinajstić information content (AvgIpc) is 1.82. The third kappa shape index (κ3) is 3.71. The second-order valence-corrected chi connectivity index (χ2v) is 1.84. The van der Waals surface area contributed by atoms with Gasteiger partial charge in [-0.3, -0.25) is 4.79 Å². The van der Waals surface area contributed by atoms with Crippen LogP contribution in [-0.4, -0.2) is 5.78 Å². The number of rotatable bonds is 3. The monoisotopic (exact) mass is 123 g/mol. The summed E-state index contributed by atoms with van der Waals surface area (Å²) in [6.07, 6.45) is 5.01.